The number of hydrogen-bond acceptors (Lipinski definition) is 6. The van der Waals surface area contributed by atoms with Crippen LogP contribution in [0.3, 0.4) is 0 Å². The topological polar surface area (TPSA) is 131 Å². The van der Waals surface area contributed by atoms with Crippen LogP contribution < -0.4 is 14.3 Å². The average molecular weight is 397 g/mol. The van der Waals surface area contributed by atoms with Crippen LogP contribution in [0.15, 0.2) is 67.3 Å². The maximum atomic E-state index is 12.9. The van der Waals surface area contributed by atoms with Crippen molar-refractivity contribution >= 4 is 21.9 Å². The molecule has 0 unspecified atom stereocenters. The molecule has 9 nitrogen and oxygen atoms in total. The fourth-order valence-corrected chi connectivity index (χ4v) is 2.88. The van der Waals surface area contributed by atoms with Gasteiger partial charge >= 0.3 is 10.3 Å². The highest BCUT2D eigenvalue weighted by atomic mass is 32.2. The van der Waals surface area contributed by atoms with E-state index in [2.05, 4.69) is 9.17 Å². The van der Waals surface area contributed by atoms with E-state index in [0.29, 0.717) is 16.8 Å². The number of aromatic nitrogens is 2. The third-order valence-corrected chi connectivity index (χ3v) is 4.11. The number of benzene rings is 2. The zero-order chi connectivity index (χ0) is 20.1. The molecule has 0 aliphatic carbocycles. The van der Waals surface area contributed by atoms with Crippen LogP contribution in [0.1, 0.15) is 11.1 Å². The van der Waals surface area contributed by atoms with Crippen LogP contribution in [0.2, 0.25) is 0 Å². The average Bonchev–Trinajstić information content (AvgIpc) is 3.17. The standard InChI is InChI=1S/C18H15N5O4S/c19-12-15-1-5-16(6-2-15)23(22-10-9-21-13-22)18(24)11-14-3-7-17(8-4-14)27-28(20,25)26/h1-10,13H,11H2,(H2,20,25,26). The molecule has 1 heterocycles. The lowest BCUT2D eigenvalue weighted by molar-refractivity contribution is -0.118. The van der Waals surface area contributed by atoms with E-state index < -0.39 is 10.3 Å². The number of amides is 1. The summed E-state index contributed by atoms with van der Waals surface area (Å²) in [5, 5.41) is 15.2. The van der Waals surface area contributed by atoms with Gasteiger partial charge in [-0.05, 0) is 42.0 Å². The molecule has 0 spiro atoms. The summed E-state index contributed by atoms with van der Waals surface area (Å²) in [6.07, 6.45) is 4.69. The molecule has 2 aromatic carbocycles. The number of nitriles is 1. The van der Waals surface area contributed by atoms with Crippen LogP contribution in [0.25, 0.3) is 0 Å². The van der Waals surface area contributed by atoms with Gasteiger partial charge in [0.2, 0.25) is 0 Å². The third kappa shape index (κ3) is 4.73. The highest BCUT2D eigenvalue weighted by molar-refractivity contribution is 7.84. The minimum atomic E-state index is -4.11. The number of imidazole rings is 1. The molecule has 1 amide bonds. The van der Waals surface area contributed by atoms with Crippen molar-refractivity contribution in [3.05, 3.63) is 78.4 Å². The number of carbonyl (C=O) groups excluding carboxylic acids is 1. The Bertz CT molecular complexity index is 1100. The first-order valence-corrected chi connectivity index (χ1v) is 9.45. The highest BCUT2D eigenvalue weighted by Gasteiger charge is 2.18. The maximum absolute atomic E-state index is 12.9. The molecule has 10 heteroatoms. The second-order valence-corrected chi connectivity index (χ2v) is 6.86. The van der Waals surface area contributed by atoms with Gasteiger partial charge in [0.15, 0.2) is 0 Å². The lowest BCUT2D eigenvalue weighted by Crippen LogP contribution is -2.36. The van der Waals surface area contributed by atoms with Gasteiger partial charge in [0, 0.05) is 12.4 Å². The van der Waals surface area contributed by atoms with Crippen LogP contribution in [0.5, 0.6) is 5.75 Å². The minimum absolute atomic E-state index is 0.0356. The van der Waals surface area contributed by atoms with Crippen LogP contribution in [-0.4, -0.2) is 24.0 Å². The predicted molar refractivity (Wildman–Crippen MR) is 100 cm³/mol. The first-order chi connectivity index (χ1) is 13.4. The van der Waals surface area contributed by atoms with Crippen molar-refractivity contribution in [2.75, 3.05) is 5.01 Å². The quantitative estimate of drug-likeness (QED) is 0.668. The Morgan fingerprint density at radius 2 is 1.86 bits per heavy atom. The molecular weight excluding hydrogens is 382 g/mol. The van der Waals surface area contributed by atoms with E-state index in [1.165, 1.54) is 28.1 Å². The fourth-order valence-electron chi connectivity index (χ4n) is 2.50. The van der Waals surface area contributed by atoms with Crippen LogP contribution in [0, 0.1) is 11.3 Å². The van der Waals surface area contributed by atoms with Gasteiger partial charge in [-0.15, -0.1) is 0 Å². The summed E-state index contributed by atoms with van der Waals surface area (Å²) in [5.41, 5.74) is 1.69. The molecule has 0 fully saturated rings. The van der Waals surface area contributed by atoms with Gasteiger partial charge in [-0.3, -0.25) is 4.79 Å². The number of nitrogens with zero attached hydrogens (tertiary/aromatic N) is 4. The van der Waals surface area contributed by atoms with Crippen molar-refractivity contribution in [1.29, 1.82) is 5.26 Å². The molecule has 1 aromatic heterocycles. The second-order valence-electron chi connectivity index (χ2n) is 5.70. The Kier molecular flexibility index (Phi) is 5.39. The Labute approximate surface area is 161 Å². The molecule has 142 valence electrons. The molecule has 0 aliphatic heterocycles. The normalized spacial score (nSPS) is 10.9. The van der Waals surface area contributed by atoms with Crippen LogP contribution in [0.4, 0.5) is 5.69 Å². The molecule has 0 saturated heterocycles. The first-order valence-electron chi connectivity index (χ1n) is 7.98. The van der Waals surface area contributed by atoms with Crippen molar-refractivity contribution in [1.82, 2.24) is 9.66 Å². The predicted octanol–water partition coefficient (Wildman–Crippen LogP) is 1.38. The SMILES string of the molecule is N#Cc1ccc(N(C(=O)Cc2ccc(OS(N)(=O)=O)cc2)n2ccnc2)cc1. The van der Waals surface area contributed by atoms with E-state index >= 15 is 0 Å². The van der Waals surface area contributed by atoms with Crippen molar-refractivity contribution < 1.29 is 17.4 Å². The molecule has 28 heavy (non-hydrogen) atoms. The summed E-state index contributed by atoms with van der Waals surface area (Å²) in [6, 6.07) is 14.6. The first kappa shape index (κ1) is 19.1. The second kappa shape index (κ2) is 7.91. The minimum Gasteiger partial charge on any atom is -0.371 e. The van der Waals surface area contributed by atoms with Crippen molar-refractivity contribution in [2.45, 2.75) is 6.42 Å². The molecular formula is C18H15N5O4S. The fraction of sp³-hybridized carbons (Fsp3) is 0.0556. The van der Waals surface area contributed by atoms with E-state index in [0.717, 1.165) is 0 Å². The lowest BCUT2D eigenvalue weighted by Gasteiger charge is -2.23. The monoisotopic (exact) mass is 397 g/mol. The Morgan fingerprint density at radius 1 is 1.18 bits per heavy atom. The Hall–Kier alpha value is -3.68. The molecule has 0 aliphatic rings. The number of anilines is 1. The van der Waals surface area contributed by atoms with Gasteiger partial charge in [-0.25, -0.2) is 14.7 Å². The summed E-state index contributed by atoms with van der Waals surface area (Å²) in [5.74, 6) is -0.208. The summed E-state index contributed by atoms with van der Waals surface area (Å²) in [7, 11) is -4.11. The van der Waals surface area contributed by atoms with Gasteiger partial charge < -0.3 is 4.18 Å². The zero-order valence-corrected chi connectivity index (χ0v) is 15.3. The molecule has 0 bridgehead atoms. The zero-order valence-electron chi connectivity index (χ0n) is 14.5. The molecule has 0 atom stereocenters. The van der Waals surface area contributed by atoms with E-state index in [1.54, 1.807) is 48.8 Å². The van der Waals surface area contributed by atoms with Gasteiger partial charge in [-0.1, -0.05) is 12.1 Å². The van der Waals surface area contributed by atoms with Crippen molar-refractivity contribution in [3.8, 4) is 11.8 Å². The van der Waals surface area contributed by atoms with Crippen molar-refractivity contribution in [3.63, 3.8) is 0 Å². The summed E-state index contributed by atoms with van der Waals surface area (Å²) < 4.78 is 28.0. The smallest absolute Gasteiger partial charge is 0.371 e. The Balaban J connectivity index is 1.83. The van der Waals surface area contributed by atoms with Gasteiger partial charge in [-0.2, -0.15) is 18.8 Å². The van der Waals surface area contributed by atoms with E-state index in [4.69, 9.17) is 10.4 Å². The van der Waals surface area contributed by atoms with Crippen LogP contribution in [-0.2, 0) is 21.5 Å². The van der Waals surface area contributed by atoms with Crippen LogP contribution >= 0.6 is 0 Å². The summed E-state index contributed by atoms with van der Waals surface area (Å²) >= 11 is 0. The summed E-state index contributed by atoms with van der Waals surface area (Å²) in [4.78, 5) is 16.9. The van der Waals surface area contributed by atoms with Gasteiger partial charge in [0.05, 0.1) is 23.7 Å². The molecule has 0 saturated carbocycles. The lowest BCUT2D eigenvalue weighted by atomic mass is 10.1. The molecule has 2 N–H and O–H groups in total. The maximum Gasteiger partial charge on any atom is 0.380 e. The van der Waals surface area contributed by atoms with E-state index in [-0.39, 0.29) is 18.1 Å². The number of nitrogens with two attached hydrogens (primary N) is 1. The van der Waals surface area contributed by atoms with E-state index in [9.17, 15) is 13.2 Å². The van der Waals surface area contributed by atoms with Crippen molar-refractivity contribution in [2.24, 2.45) is 5.14 Å². The largest absolute Gasteiger partial charge is 0.380 e. The van der Waals surface area contributed by atoms with Gasteiger partial charge in [0.25, 0.3) is 5.91 Å². The number of rotatable bonds is 6. The molecule has 3 rings (SSSR count). The molecule has 3 aromatic rings. The highest BCUT2D eigenvalue weighted by Crippen LogP contribution is 2.19. The molecule has 0 radical (unpaired) electrons. The van der Waals surface area contributed by atoms with E-state index in [1.807, 2.05) is 6.07 Å². The number of hydrogen-bond donors (Lipinski definition) is 1. The summed E-state index contributed by atoms with van der Waals surface area (Å²) in [6.45, 7) is 0. The number of carbonyl (C=O) groups is 1. The third-order valence-electron chi connectivity index (χ3n) is 3.69. The van der Waals surface area contributed by atoms with Gasteiger partial charge in [0.1, 0.15) is 12.1 Å². The Morgan fingerprint density at radius 3 is 2.39 bits per heavy atom.